The number of hydrogen-bond acceptors (Lipinski definition) is 1. The molecule has 0 amide bonds. The van der Waals surface area contributed by atoms with Crippen LogP contribution in [0, 0.1) is 0 Å². The molecule has 0 aliphatic rings. The zero-order valence-corrected chi connectivity index (χ0v) is 26.7. The Morgan fingerprint density at radius 2 is 0.857 bits per heavy atom. The van der Waals surface area contributed by atoms with Crippen molar-refractivity contribution in [2.24, 2.45) is 0 Å². The fourth-order valence-electron chi connectivity index (χ4n) is 7.81. The van der Waals surface area contributed by atoms with E-state index in [4.69, 9.17) is 4.42 Å². The number of furan rings is 1. The molecule has 0 atom stereocenters. The number of rotatable bonds is 4. The first kappa shape index (κ1) is 27.7. The quantitative estimate of drug-likeness (QED) is 0.178. The van der Waals surface area contributed by atoms with Crippen molar-refractivity contribution in [2.45, 2.75) is 0 Å². The molecule has 0 aliphatic heterocycles. The molecule has 10 rings (SSSR count). The minimum absolute atomic E-state index is 0.905. The monoisotopic (exact) mass is 622 g/mol. The van der Waals surface area contributed by atoms with E-state index in [2.05, 4.69) is 182 Å². The maximum Gasteiger partial charge on any atom is 0.143 e. The SMILES string of the molecule is c1ccc(-c2ccc(-c3c4ccccc4c(-c4cccc5oc6c7ccccc7ccc6c45)c4ccc(-c5ccccc5)cc34)cc2)cc1. The normalized spacial score (nSPS) is 11.7. The topological polar surface area (TPSA) is 13.1 Å². The summed E-state index contributed by atoms with van der Waals surface area (Å²) in [5.74, 6) is 0. The molecule has 0 spiro atoms. The molecule has 1 heteroatoms. The van der Waals surface area contributed by atoms with Gasteiger partial charge in [-0.3, -0.25) is 0 Å². The standard InChI is InChI=1S/C48H30O/c1-3-12-31(13-4-1)33-22-24-35(25-23-33)45-38-18-9-10-19-39(38)46(40-28-27-36(30-43(40)45)32-14-5-2-6-15-32)41-20-11-21-44-47(41)42-29-26-34-16-7-8-17-37(34)48(42)49-44/h1-30H. The lowest BCUT2D eigenvalue weighted by Crippen LogP contribution is -1.92. The lowest BCUT2D eigenvalue weighted by atomic mass is 9.83. The molecule has 0 N–H and O–H groups in total. The summed E-state index contributed by atoms with van der Waals surface area (Å²) in [5, 5.41) is 9.54. The van der Waals surface area contributed by atoms with Crippen molar-refractivity contribution in [1.29, 1.82) is 0 Å². The van der Waals surface area contributed by atoms with Crippen molar-refractivity contribution in [3.05, 3.63) is 182 Å². The van der Waals surface area contributed by atoms with E-state index in [1.54, 1.807) is 0 Å². The third-order valence-corrected chi connectivity index (χ3v) is 10.1. The summed E-state index contributed by atoms with van der Waals surface area (Å²) in [6.45, 7) is 0. The molecule has 10 aromatic rings. The molecule has 1 nitrogen and oxygen atoms in total. The molecule has 9 aromatic carbocycles. The van der Waals surface area contributed by atoms with E-state index in [9.17, 15) is 0 Å². The fraction of sp³-hybridized carbons (Fsp3) is 0. The van der Waals surface area contributed by atoms with Crippen LogP contribution < -0.4 is 0 Å². The fourth-order valence-corrected chi connectivity index (χ4v) is 7.81. The van der Waals surface area contributed by atoms with Crippen LogP contribution in [0.5, 0.6) is 0 Å². The molecule has 0 saturated carbocycles. The van der Waals surface area contributed by atoms with Crippen molar-refractivity contribution < 1.29 is 4.42 Å². The Labute approximate surface area is 284 Å². The predicted molar refractivity (Wildman–Crippen MR) is 208 cm³/mol. The van der Waals surface area contributed by atoms with E-state index in [0.717, 1.165) is 27.3 Å². The summed E-state index contributed by atoms with van der Waals surface area (Å²) < 4.78 is 6.67. The summed E-state index contributed by atoms with van der Waals surface area (Å²) in [4.78, 5) is 0. The van der Waals surface area contributed by atoms with Crippen LogP contribution >= 0.6 is 0 Å². The van der Waals surface area contributed by atoms with Gasteiger partial charge < -0.3 is 4.42 Å². The van der Waals surface area contributed by atoms with Crippen LogP contribution in [0.2, 0.25) is 0 Å². The Morgan fingerprint density at radius 1 is 0.306 bits per heavy atom. The van der Waals surface area contributed by atoms with Crippen LogP contribution in [0.1, 0.15) is 0 Å². The highest BCUT2D eigenvalue weighted by Crippen LogP contribution is 2.48. The molecule has 0 radical (unpaired) electrons. The van der Waals surface area contributed by atoms with E-state index < -0.39 is 0 Å². The van der Waals surface area contributed by atoms with E-state index >= 15 is 0 Å². The molecule has 1 heterocycles. The Hall–Kier alpha value is -6.44. The third-order valence-electron chi connectivity index (χ3n) is 10.1. The highest BCUT2D eigenvalue weighted by atomic mass is 16.3. The molecule has 0 bridgehead atoms. The van der Waals surface area contributed by atoms with Gasteiger partial charge in [-0.25, -0.2) is 0 Å². The van der Waals surface area contributed by atoms with Gasteiger partial charge in [-0.15, -0.1) is 0 Å². The van der Waals surface area contributed by atoms with Crippen molar-refractivity contribution in [3.8, 4) is 44.5 Å². The Kier molecular flexibility index (Phi) is 6.25. The first-order valence-corrected chi connectivity index (χ1v) is 16.8. The first-order valence-electron chi connectivity index (χ1n) is 16.8. The molecule has 0 fully saturated rings. The van der Waals surface area contributed by atoms with E-state index in [1.165, 1.54) is 71.4 Å². The summed E-state index contributed by atoms with van der Waals surface area (Å²) in [7, 11) is 0. The summed E-state index contributed by atoms with van der Waals surface area (Å²) in [6.07, 6.45) is 0. The molecule has 49 heavy (non-hydrogen) atoms. The average Bonchev–Trinajstić information content (AvgIpc) is 3.57. The van der Waals surface area contributed by atoms with Gasteiger partial charge in [0.25, 0.3) is 0 Å². The average molecular weight is 623 g/mol. The van der Waals surface area contributed by atoms with Crippen molar-refractivity contribution >= 4 is 54.3 Å². The number of fused-ring (bicyclic) bond motifs is 7. The third kappa shape index (κ3) is 4.40. The van der Waals surface area contributed by atoms with Gasteiger partial charge in [-0.2, -0.15) is 0 Å². The minimum Gasteiger partial charge on any atom is -0.455 e. The Morgan fingerprint density at radius 3 is 1.61 bits per heavy atom. The molecular formula is C48H30O. The molecule has 0 unspecified atom stereocenters. The van der Waals surface area contributed by atoms with Crippen LogP contribution in [0.25, 0.3) is 98.8 Å². The van der Waals surface area contributed by atoms with Crippen molar-refractivity contribution in [3.63, 3.8) is 0 Å². The van der Waals surface area contributed by atoms with Crippen molar-refractivity contribution in [1.82, 2.24) is 0 Å². The number of benzene rings is 9. The van der Waals surface area contributed by atoms with E-state index in [1.807, 2.05) is 0 Å². The van der Waals surface area contributed by atoms with Crippen molar-refractivity contribution in [2.75, 3.05) is 0 Å². The molecular weight excluding hydrogens is 593 g/mol. The Balaban J connectivity index is 1.31. The summed E-state index contributed by atoms with van der Waals surface area (Å²) >= 11 is 0. The lowest BCUT2D eigenvalue weighted by Gasteiger charge is -2.19. The zero-order valence-electron chi connectivity index (χ0n) is 26.7. The largest absolute Gasteiger partial charge is 0.455 e. The highest BCUT2D eigenvalue weighted by molar-refractivity contribution is 6.27. The molecule has 228 valence electrons. The van der Waals surface area contributed by atoms with E-state index in [0.29, 0.717) is 0 Å². The minimum atomic E-state index is 0.905. The van der Waals surface area contributed by atoms with E-state index in [-0.39, 0.29) is 0 Å². The summed E-state index contributed by atoms with van der Waals surface area (Å²) in [6, 6.07) is 65.7. The molecule has 1 aromatic heterocycles. The second-order valence-electron chi connectivity index (χ2n) is 12.8. The molecule has 0 aliphatic carbocycles. The highest BCUT2D eigenvalue weighted by Gasteiger charge is 2.21. The second kappa shape index (κ2) is 11.1. The van der Waals surface area contributed by atoms with Crippen LogP contribution in [0.4, 0.5) is 0 Å². The maximum absolute atomic E-state index is 6.67. The summed E-state index contributed by atoms with van der Waals surface area (Å²) in [5.41, 5.74) is 11.6. The Bertz CT molecular complexity index is 2840. The second-order valence-corrected chi connectivity index (χ2v) is 12.8. The van der Waals surface area contributed by atoms with Crippen LogP contribution in [-0.4, -0.2) is 0 Å². The smallest absolute Gasteiger partial charge is 0.143 e. The van der Waals surface area contributed by atoms with Gasteiger partial charge in [0.2, 0.25) is 0 Å². The van der Waals surface area contributed by atoms with Gasteiger partial charge in [0.05, 0.1) is 0 Å². The van der Waals surface area contributed by atoms with Gasteiger partial charge in [-0.1, -0.05) is 164 Å². The van der Waals surface area contributed by atoms with Crippen LogP contribution in [-0.2, 0) is 0 Å². The van der Waals surface area contributed by atoms with Crippen LogP contribution in [0.3, 0.4) is 0 Å². The lowest BCUT2D eigenvalue weighted by molar-refractivity contribution is 0.673. The first-order chi connectivity index (χ1) is 24.3. The van der Waals surface area contributed by atoms with Gasteiger partial charge in [0, 0.05) is 16.2 Å². The van der Waals surface area contributed by atoms with Gasteiger partial charge in [0.15, 0.2) is 0 Å². The zero-order chi connectivity index (χ0) is 32.3. The van der Waals surface area contributed by atoms with Crippen LogP contribution in [0.15, 0.2) is 186 Å². The van der Waals surface area contributed by atoms with Gasteiger partial charge >= 0.3 is 0 Å². The van der Waals surface area contributed by atoms with Gasteiger partial charge in [-0.05, 0) is 89.6 Å². The molecule has 0 saturated heterocycles. The van der Waals surface area contributed by atoms with Gasteiger partial charge in [0.1, 0.15) is 11.2 Å². The predicted octanol–water partition coefficient (Wildman–Crippen LogP) is 13.7. The maximum atomic E-state index is 6.67. The number of hydrogen-bond donors (Lipinski definition) is 0.